The van der Waals surface area contributed by atoms with Crippen molar-refractivity contribution in [3.05, 3.63) is 29.3 Å². The van der Waals surface area contributed by atoms with Gasteiger partial charge in [0, 0.05) is 18.2 Å². The molecule has 1 saturated carbocycles. The van der Waals surface area contributed by atoms with Gasteiger partial charge in [-0.15, -0.1) is 0 Å². The van der Waals surface area contributed by atoms with Gasteiger partial charge in [0.25, 0.3) is 0 Å². The van der Waals surface area contributed by atoms with Gasteiger partial charge in [0.1, 0.15) is 5.75 Å². The maximum absolute atomic E-state index is 12.4. The lowest BCUT2D eigenvalue weighted by Crippen LogP contribution is -2.34. The third kappa shape index (κ3) is 4.66. The molecule has 0 atom stereocenters. The van der Waals surface area contributed by atoms with E-state index in [1.165, 1.54) is 0 Å². The van der Waals surface area contributed by atoms with Crippen molar-refractivity contribution in [1.29, 1.82) is 0 Å². The number of halogens is 2. The predicted molar refractivity (Wildman–Crippen MR) is 78.0 cm³/mol. The summed E-state index contributed by atoms with van der Waals surface area (Å²) >= 11 is 0. The highest BCUT2D eigenvalue weighted by molar-refractivity contribution is 5.70. The Hall–Kier alpha value is -1.69. The molecule has 22 heavy (non-hydrogen) atoms. The third-order valence-corrected chi connectivity index (χ3v) is 4.09. The molecule has 0 spiro atoms. The molecule has 1 aliphatic rings. The maximum Gasteiger partial charge on any atom is 0.387 e. The molecule has 0 saturated heterocycles. The van der Waals surface area contributed by atoms with Gasteiger partial charge in [-0.3, -0.25) is 4.79 Å². The van der Waals surface area contributed by atoms with Gasteiger partial charge in [0.15, 0.2) is 0 Å². The normalized spacial score (nSPS) is 21.8. The average Bonchev–Trinajstić information content (AvgIpc) is 2.47. The van der Waals surface area contributed by atoms with Crippen LogP contribution in [0.1, 0.15) is 36.8 Å². The summed E-state index contributed by atoms with van der Waals surface area (Å²) in [5, 5.41) is 12.3. The van der Waals surface area contributed by atoms with Gasteiger partial charge in [-0.2, -0.15) is 8.78 Å². The Balaban J connectivity index is 1.91. The monoisotopic (exact) mass is 313 g/mol. The molecule has 122 valence electrons. The molecule has 2 rings (SSSR count). The summed E-state index contributed by atoms with van der Waals surface area (Å²) in [6, 6.07) is 5.34. The minimum atomic E-state index is -2.84. The second-order valence-electron chi connectivity index (χ2n) is 5.76. The molecule has 0 aromatic heterocycles. The van der Waals surface area contributed by atoms with E-state index in [2.05, 4.69) is 10.1 Å². The van der Waals surface area contributed by atoms with Crippen LogP contribution in [-0.2, 0) is 11.3 Å². The summed E-state index contributed by atoms with van der Waals surface area (Å²) in [6.07, 6.45) is 2.88. The number of hydrogen-bond acceptors (Lipinski definition) is 3. The standard InChI is InChI=1S/C16H21F2NO3/c1-10-2-7-14(22-16(17)18)12(8-10)9-19-13-5-3-11(4-6-13)15(20)21/h2,7-8,11,13,16,19H,3-6,9H2,1H3,(H,20,21). The first-order valence-corrected chi connectivity index (χ1v) is 7.46. The highest BCUT2D eigenvalue weighted by atomic mass is 19.3. The van der Waals surface area contributed by atoms with Crippen molar-refractivity contribution in [2.45, 2.75) is 51.8 Å². The van der Waals surface area contributed by atoms with Crippen LogP contribution >= 0.6 is 0 Å². The van der Waals surface area contributed by atoms with Gasteiger partial charge in [0.2, 0.25) is 0 Å². The number of carboxylic acids is 1. The molecule has 0 amide bonds. The quantitative estimate of drug-likeness (QED) is 0.846. The summed E-state index contributed by atoms with van der Waals surface area (Å²) in [5.74, 6) is -0.799. The van der Waals surface area contributed by atoms with Crippen LogP contribution in [-0.4, -0.2) is 23.7 Å². The van der Waals surface area contributed by atoms with Crippen molar-refractivity contribution in [2.24, 2.45) is 5.92 Å². The fraction of sp³-hybridized carbons (Fsp3) is 0.562. The summed E-state index contributed by atoms with van der Waals surface area (Å²) < 4.78 is 29.4. The fourth-order valence-electron chi connectivity index (χ4n) is 2.86. The Morgan fingerprint density at radius 1 is 1.36 bits per heavy atom. The van der Waals surface area contributed by atoms with Crippen LogP contribution in [0.25, 0.3) is 0 Å². The van der Waals surface area contributed by atoms with Crippen molar-refractivity contribution in [3.63, 3.8) is 0 Å². The van der Waals surface area contributed by atoms with Crippen molar-refractivity contribution < 1.29 is 23.4 Å². The lowest BCUT2D eigenvalue weighted by atomic mass is 9.86. The number of benzene rings is 1. The van der Waals surface area contributed by atoms with Gasteiger partial charge < -0.3 is 15.2 Å². The van der Waals surface area contributed by atoms with Crippen LogP contribution in [0, 0.1) is 12.8 Å². The number of aliphatic carboxylic acids is 1. The number of nitrogens with one attached hydrogen (secondary N) is 1. The van der Waals surface area contributed by atoms with Gasteiger partial charge in [0.05, 0.1) is 5.92 Å². The summed E-state index contributed by atoms with van der Waals surface area (Å²) in [6.45, 7) is -0.507. The Kier molecular flexibility index (Phi) is 5.71. The van der Waals surface area contributed by atoms with Crippen LogP contribution in [0.15, 0.2) is 18.2 Å². The molecular weight excluding hydrogens is 292 g/mol. The van der Waals surface area contributed by atoms with Gasteiger partial charge in [-0.25, -0.2) is 0 Å². The van der Waals surface area contributed by atoms with Crippen LogP contribution < -0.4 is 10.1 Å². The van der Waals surface area contributed by atoms with E-state index in [1.807, 2.05) is 13.0 Å². The number of carbonyl (C=O) groups is 1. The van der Waals surface area contributed by atoms with Crippen LogP contribution in [0.5, 0.6) is 5.75 Å². The molecule has 0 heterocycles. The molecule has 4 nitrogen and oxygen atoms in total. The lowest BCUT2D eigenvalue weighted by Gasteiger charge is -2.27. The number of rotatable bonds is 6. The molecule has 0 aliphatic heterocycles. The number of ether oxygens (including phenoxy) is 1. The Labute approximate surface area is 128 Å². The van der Waals surface area contributed by atoms with Crippen LogP contribution in [0.4, 0.5) is 8.78 Å². The van der Waals surface area contributed by atoms with E-state index in [4.69, 9.17) is 5.11 Å². The minimum Gasteiger partial charge on any atom is -0.481 e. The van der Waals surface area contributed by atoms with Crippen LogP contribution in [0.3, 0.4) is 0 Å². The average molecular weight is 313 g/mol. The second kappa shape index (κ2) is 7.54. The zero-order valence-corrected chi connectivity index (χ0v) is 12.5. The zero-order valence-electron chi connectivity index (χ0n) is 12.5. The molecule has 0 bridgehead atoms. The van der Waals surface area contributed by atoms with Crippen molar-refractivity contribution in [3.8, 4) is 5.75 Å². The minimum absolute atomic E-state index is 0.187. The molecular formula is C16H21F2NO3. The van der Waals surface area contributed by atoms with E-state index in [0.29, 0.717) is 24.9 Å². The number of hydrogen-bond donors (Lipinski definition) is 2. The summed E-state index contributed by atoms with van der Waals surface area (Å²) in [5.41, 5.74) is 1.67. The lowest BCUT2D eigenvalue weighted by molar-refractivity contribution is -0.142. The van der Waals surface area contributed by atoms with E-state index < -0.39 is 12.6 Å². The molecule has 1 aliphatic carbocycles. The maximum atomic E-state index is 12.4. The Bertz CT molecular complexity index is 514. The second-order valence-corrected chi connectivity index (χ2v) is 5.76. The summed E-state index contributed by atoms with van der Waals surface area (Å²) in [7, 11) is 0. The largest absolute Gasteiger partial charge is 0.481 e. The molecule has 0 unspecified atom stereocenters. The van der Waals surface area contributed by atoms with E-state index in [1.54, 1.807) is 12.1 Å². The molecule has 2 N–H and O–H groups in total. The molecule has 1 aromatic carbocycles. The Morgan fingerprint density at radius 2 is 2.05 bits per heavy atom. The summed E-state index contributed by atoms with van der Waals surface area (Å²) in [4.78, 5) is 10.9. The zero-order chi connectivity index (χ0) is 16.1. The van der Waals surface area contributed by atoms with E-state index in [9.17, 15) is 13.6 Å². The molecule has 1 aromatic rings. The first kappa shape index (κ1) is 16.7. The first-order valence-electron chi connectivity index (χ1n) is 7.46. The predicted octanol–water partition coefficient (Wildman–Crippen LogP) is 3.33. The number of alkyl halides is 2. The molecule has 0 radical (unpaired) electrons. The first-order chi connectivity index (χ1) is 10.5. The van der Waals surface area contributed by atoms with E-state index >= 15 is 0 Å². The van der Waals surface area contributed by atoms with Gasteiger partial charge >= 0.3 is 12.6 Å². The highest BCUT2D eigenvalue weighted by Crippen LogP contribution is 2.26. The SMILES string of the molecule is Cc1ccc(OC(F)F)c(CNC2CCC(C(=O)O)CC2)c1. The highest BCUT2D eigenvalue weighted by Gasteiger charge is 2.25. The van der Waals surface area contributed by atoms with Crippen molar-refractivity contribution >= 4 is 5.97 Å². The van der Waals surface area contributed by atoms with E-state index in [0.717, 1.165) is 18.4 Å². The smallest absolute Gasteiger partial charge is 0.387 e. The van der Waals surface area contributed by atoms with Crippen LogP contribution in [0.2, 0.25) is 0 Å². The van der Waals surface area contributed by atoms with Crippen molar-refractivity contribution in [1.82, 2.24) is 5.32 Å². The Morgan fingerprint density at radius 3 is 2.64 bits per heavy atom. The van der Waals surface area contributed by atoms with Gasteiger partial charge in [-0.1, -0.05) is 17.7 Å². The fourth-order valence-corrected chi connectivity index (χ4v) is 2.86. The molecule has 1 fully saturated rings. The third-order valence-electron chi connectivity index (χ3n) is 4.09. The van der Waals surface area contributed by atoms with E-state index in [-0.39, 0.29) is 17.7 Å². The number of carboxylic acid groups (broad SMARTS) is 1. The topological polar surface area (TPSA) is 58.6 Å². The number of aryl methyl sites for hydroxylation is 1. The van der Waals surface area contributed by atoms with Crippen molar-refractivity contribution in [2.75, 3.05) is 0 Å². The van der Waals surface area contributed by atoms with Gasteiger partial charge in [-0.05, 0) is 38.7 Å². The molecule has 6 heteroatoms.